The van der Waals surface area contributed by atoms with E-state index in [2.05, 4.69) is 4.98 Å². The number of nitrogens with zero attached hydrogens (tertiary/aromatic N) is 1. The van der Waals surface area contributed by atoms with Crippen LogP contribution in [0.5, 0.6) is 0 Å². The van der Waals surface area contributed by atoms with Crippen molar-refractivity contribution in [2.24, 2.45) is 5.73 Å². The Labute approximate surface area is 83.9 Å². The van der Waals surface area contributed by atoms with Gasteiger partial charge in [0.2, 0.25) is 5.95 Å². The lowest BCUT2D eigenvalue weighted by Gasteiger charge is -2.24. The summed E-state index contributed by atoms with van der Waals surface area (Å²) < 4.78 is 38.1. The predicted octanol–water partition coefficient (Wildman–Crippen LogP) is 2.31. The van der Waals surface area contributed by atoms with Crippen molar-refractivity contribution in [2.75, 3.05) is 0 Å². The molecule has 0 radical (unpaired) electrons. The summed E-state index contributed by atoms with van der Waals surface area (Å²) in [6.45, 7) is 1.00. The zero-order chi connectivity index (χ0) is 10.9. The van der Waals surface area contributed by atoms with Gasteiger partial charge in [-0.2, -0.15) is 4.39 Å². The van der Waals surface area contributed by atoms with E-state index in [0.29, 0.717) is 0 Å². The molecule has 0 aliphatic carbocycles. The van der Waals surface area contributed by atoms with Crippen molar-refractivity contribution in [2.45, 2.75) is 18.9 Å². The minimum absolute atomic E-state index is 0.150. The Bertz CT molecular complexity index is 321. The molecule has 0 aliphatic heterocycles. The SMILES string of the molecule is CC(N)(c1c(Cl)ccnc1F)C(F)F. The Morgan fingerprint density at radius 1 is 1.57 bits per heavy atom. The summed E-state index contributed by atoms with van der Waals surface area (Å²) in [5.74, 6) is -1.07. The van der Waals surface area contributed by atoms with Crippen molar-refractivity contribution in [1.29, 1.82) is 0 Å². The first kappa shape index (κ1) is 11.3. The van der Waals surface area contributed by atoms with Crippen LogP contribution in [0.3, 0.4) is 0 Å². The van der Waals surface area contributed by atoms with Crippen molar-refractivity contribution in [3.05, 3.63) is 28.8 Å². The summed E-state index contributed by atoms with van der Waals surface area (Å²) >= 11 is 5.56. The Morgan fingerprint density at radius 2 is 2.14 bits per heavy atom. The lowest BCUT2D eigenvalue weighted by molar-refractivity contribution is 0.0600. The van der Waals surface area contributed by atoms with E-state index in [1.54, 1.807) is 0 Å². The molecule has 14 heavy (non-hydrogen) atoms. The van der Waals surface area contributed by atoms with Crippen LogP contribution in [0.25, 0.3) is 0 Å². The Hall–Kier alpha value is -0.810. The molecule has 0 saturated carbocycles. The average Bonchev–Trinajstić information content (AvgIpc) is 2.02. The lowest BCUT2D eigenvalue weighted by Crippen LogP contribution is -2.42. The van der Waals surface area contributed by atoms with Crippen molar-refractivity contribution in [1.82, 2.24) is 4.98 Å². The van der Waals surface area contributed by atoms with Crippen LogP contribution in [0.1, 0.15) is 12.5 Å². The number of halogens is 4. The predicted molar refractivity (Wildman–Crippen MR) is 46.7 cm³/mol. The zero-order valence-electron chi connectivity index (χ0n) is 7.27. The molecule has 0 bridgehead atoms. The first-order valence-corrected chi connectivity index (χ1v) is 4.12. The Kier molecular flexibility index (Phi) is 3.01. The van der Waals surface area contributed by atoms with Gasteiger partial charge in [-0.3, -0.25) is 0 Å². The smallest absolute Gasteiger partial charge is 0.260 e. The van der Waals surface area contributed by atoms with Crippen LogP contribution >= 0.6 is 11.6 Å². The molecular formula is C8H8ClF3N2. The quantitative estimate of drug-likeness (QED) is 0.783. The molecule has 0 amide bonds. The lowest BCUT2D eigenvalue weighted by atomic mass is 9.95. The van der Waals surface area contributed by atoms with Crippen LogP contribution in [-0.2, 0) is 5.54 Å². The van der Waals surface area contributed by atoms with Gasteiger partial charge in [-0.15, -0.1) is 0 Å². The number of pyridine rings is 1. The van der Waals surface area contributed by atoms with Crippen LogP contribution in [0, 0.1) is 5.95 Å². The topological polar surface area (TPSA) is 38.9 Å². The van der Waals surface area contributed by atoms with Gasteiger partial charge >= 0.3 is 0 Å². The van der Waals surface area contributed by atoms with E-state index in [1.807, 2.05) is 0 Å². The molecule has 1 rings (SSSR count). The second-order valence-electron chi connectivity index (χ2n) is 3.04. The number of aromatic nitrogens is 1. The first-order chi connectivity index (χ1) is 6.37. The molecule has 2 nitrogen and oxygen atoms in total. The summed E-state index contributed by atoms with van der Waals surface area (Å²) in [7, 11) is 0. The van der Waals surface area contributed by atoms with Gasteiger partial charge < -0.3 is 5.73 Å². The van der Waals surface area contributed by atoms with Crippen LogP contribution in [0.2, 0.25) is 5.02 Å². The van der Waals surface area contributed by atoms with Gasteiger partial charge in [0.1, 0.15) is 5.54 Å². The number of hydrogen-bond donors (Lipinski definition) is 1. The van der Waals surface area contributed by atoms with Crippen molar-refractivity contribution < 1.29 is 13.2 Å². The number of nitrogens with two attached hydrogens (primary N) is 1. The monoisotopic (exact) mass is 224 g/mol. The molecule has 78 valence electrons. The van der Waals surface area contributed by atoms with E-state index in [0.717, 1.165) is 13.1 Å². The second kappa shape index (κ2) is 3.74. The molecule has 6 heteroatoms. The van der Waals surface area contributed by atoms with E-state index in [4.69, 9.17) is 17.3 Å². The molecule has 0 fully saturated rings. The summed E-state index contributed by atoms with van der Waals surface area (Å²) in [6, 6.07) is 1.22. The fourth-order valence-electron chi connectivity index (χ4n) is 1.00. The van der Waals surface area contributed by atoms with E-state index < -0.39 is 23.5 Å². The second-order valence-corrected chi connectivity index (χ2v) is 3.45. The van der Waals surface area contributed by atoms with E-state index in [9.17, 15) is 13.2 Å². The highest BCUT2D eigenvalue weighted by molar-refractivity contribution is 6.31. The molecule has 0 aromatic carbocycles. The van der Waals surface area contributed by atoms with Crippen LogP contribution in [0.15, 0.2) is 12.3 Å². The maximum Gasteiger partial charge on any atom is 0.260 e. The summed E-state index contributed by atoms with van der Waals surface area (Å²) in [4.78, 5) is 3.22. The third kappa shape index (κ3) is 1.83. The largest absolute Gasteiger partial charge is 0.317 e. The molecule has 1 aromatic rings. The van der Waals surface area contributed by atoms with E-state index in [-0.39, 0.29) is 5.02 Å². The molecule has 1 atom stereocenters. The van der Waals surface area contributed by atoms with Gasteiger partial charge in [-0.1, -0.05) is 11.6 Å². The number of rotatable bonds is 2. The zero-order valence-corrected chi connectivity index (χ0v) is 8.02. The van der Waals surface area contributed by atoms with Crippen molar-refractivity contribution in [3.63, 3.8) is 0 Å². The Balaban J connectivity index is 3.31. The Morgan fingerprint density at radius 3 is 2.57 bits per heavy atom. The van der Waals surface area contributed by atoms with Gasteiger partial charge in [0.05, 0.1) is 10.6 Å². The van der Waals surface area contributed by atoms with Crippen LogP contribution < -0.4 is 5.73 Å². The molecule has 2 N–H and O–H groups in total. The van der Waals surface area contributed by atoms with Crippen molar-refractivity contribution in [3.8, 4) is 0 Å². The average molecular weight is 225 g/mol. The summed E-state index contributed by atoms with van der Waals surface area (Å²) in [5, 5.41) is -0.150. The molecular weight excluding hydrogens is 217 g/mol. The highest BCUT2D eigenvalue weighted by Crippen LogP contribution is 2.31. The van der Waals surface area contributed by atoms with Gasteiger partial charge in [0.15, 0.2) is 0 Å². The van der Waals surface area contributed by atoms with E-state index in [1.165, 1.54) is 6.07 Å². The highest BCUT2D eigenvalue weighted by atomic mass is 35.5. The minimum Gasteiger partial charge on any atom is -0.317 e. The number of alkyl halides is 2. The van der Waals surface area contributed by atoms with Gasteiger partial charge in [0, 0.05) is 6.20 Å². The standard InChI is InChI=1S/C8H8ClF3N2/c1-8(13,7(11)12)5-4(9)2-3-14-6(5)10/h2-3,7H,13H2,1H3. The minimum atomic E-state index is -2.92. The fraction of sp³-hybridized carbons (Fsp3) is 0.375. The molecule has 1 aromatic heterocycles. The molecule has 1 heterocycles. The fourth-order valence-corrected chi connectivity index (χ4v) is 1.34. The molecule has 0 spiro atoms. The normalized spacial score (nSPS) is 15.6. The summed E-state index contributed by atoms with van der Waals surface area (Å²) in [6.07, 6.45) is -1.83. The van der Waals surface area contributed by atoms with E-state index >= 15 is 0 Å². The third-order valence-corrected chi connectivity index (χ3v) is 2.16. The molecule has 1 unspecified atom stereocenters. The van der Waals surface area contributed by atoms with Crippen LogP contribution in [0.4, 0.5) is 13.2 Å². The maximum atomic E-state index is 13.1. The summed E-state index contributed by atoms with van der Waals surface area (Å²) in [5.41, 5.74) is 2.68. The molecule has 0 saturated heterocycles. The third-order valence-electron chi connectivity index (χ3n) is 1.85. The first-order valence-electron chi connectivity index (χ1n) is 3.75. The van der Waals surface area contributed by atoms with Gasteiger partial charge in [-0.25, -0.2) is 13.8 Å². The van der Waals surface area contributed by atoms with Gasteiger partial charge in [0.25, 0.3) is 6.43 Å². The maximum absolute atomic E-state index is 13.1. The number of hydrogen-bond acceptors (Lipinski definition) is 2. The van der Waals surface area contributed by atoms with Crippen LogP contribution in [-0.4, -0.2) is 11.4 Å². The van der Waals surface area contributed by atoms with Gasteiger partial charge in [-0.05, 0) is 13.0 Å². The molecule has 0 aliphatic rings. The highest BCUT2D eigenvalue weighted by Gasteiger charge is 2.37. The van der Waals surface area contributed by atoms with Crippen molar-refractivity contribution >= 4 is 11.6 Å².